The van der Waals surface area contributed by atoms with Crippen LogP contribution in [-0.4, -0.2) is 96.8 Å². The lowest BCUT2D eigenvalue weighted by atomic mass is 10.0. The van der Waals surface area contributed by atoms with E-state index >= 15 is 0 Å². The minimum Gasteiger partial charge on any atom is -0.480 e. The van der Waals surface area contributed by atoms with Crippen molar-refractivity contribution in [3.8, 4) is 0 Å². The molecule has 1 atom stereocenters. The van der Waals surface area contributed by atoms with Gasteiger partial charge >= 0.3 is 11.9 Å². The Morgan fingerprint density at radius 3 is 1.96 bits per heavy atom. The summed E-state index contributed by atoms with van der Waals surface area (Å²) in [5, 5.41) is 18.4. The second kappa shape index (κ2) is 10.9. The summed E-state index contributed by atoms with van der Waals surface area (Å²) in [5.41, 5.74) is 2.23. The molecule has 1 aromatic rings. The number of benzene rings is 1. The van der Waals surface area contributed by atoms with Gasteiger partial charge in [-0.25, -0.2) is 0 Å². The molecule has 0 fully saturated rings. The van der Waals surface area contributed by atoms with Crippen LogP contribution in [0.5, 0.6) is 0 Å². The molecule has 1 aromatic carbocycles. The fourth-order valence-corrected chi connectivity index (χ4v) is 2.79. The molecule has 0 radical (unpaired) electrons. The number of carbonyl (C=O) groups is 2. The van der Waals surface area contributed by atoms with Crippen molar-refractivity contribution in [2.45, 2.75) is 19.4 Å². The minimum absolute atomic E-state index is 0.197. The van der Waals surface area contributed by atoms with E-state index < -0.39 is 11.9 Å². The molecule has 2 N–H and O–H groups in total. The van der Waals surface area contributed by atoms with Gasteiger partial charge in [-0.2, -0.15) is 0 Å². The molecule has 0 spiro atoms. The van der Waals surface area contributed by atoms with Crippen molar-refractivity contribution in [3.05, 3.63) is 35.4 Å². The molecule has 0 heterocycles. The lowest BCUT2D eigenvalue weighted by Crippen LogP contribution is -2.49. The maximum Gasteiger partial charge on any atom is 0.317 e. The molecule has 0 bridgehead atoms. The summed E-state index contributed by atoms with van der Waals surface area (Å²) in [6.45, 7) is 3.74. The first-order valence-corrected chi connectivity index (χ1v) is 8.73. The van der Waals surface area contributed by atoms with Crippen LogP contribution in [0.15, 0.2) is 24.3 Å². The van der Waals surface area contributed by atoms with Gasteiger partial charge in [-0.1, -0.05) is 29.8 Å². The molecule has 26 heavy (non-hydrogen) atoms. The van der Waals surface area contributed by atoms with Crippen LogP contribution in [0.3, 0.4) is 0 Å². The Balaban J connectivity index is 2.94. The molecule has 0 aliphatic rings. The number of hydrogen-bond donors (Lipinski definition) is 2. The van der Waals surface area contributed by atoms with Gasteiger partial charge in [0.25, 0.3) is 0 Å². The second-order valence-corrected chi connectivity index (χ2v) is 7.10. The molecule has 7 nitrogen and oxygen atoms in total. The molecule has 0 aliphatic carbocycles. The molecule has 0 aliphatic heterocycles. The monoisotopic (exact) mass is 365 g/mol. The molecule has 7 heteroatoms. The van der Waals surface area contributed by atoms with Gasteiger partial charge in [-0.05, 0) is 40.1 Å². The fraction of sp³-hybridized carbons (Fsp3) is 0.579. The third-order valence-corrected chi connectivity index (χ3v) is 4.24. The summed E-state index contributed by atoms with van der Waals surface area (Å²) in [4.78, 5) is 28.2. The van der Waals surface area contributed by atoms with Crippen molar-refractivity contribution in [1.29, 1.82) is 0 Å². The fourth-order valence-electron chi connectivity index (χ4n) is 2.79. The summed E-state index contributed by atoms with van der Waals surface area (Å²) >= 11 is 0. The van der Waals surface area contributed by atoms with E-state index in [1.54, 1.807) is 0 Å². The highest BCUT2D eigenvalue weighted by atomic mass is 16.4. The van der Waals surface area contributed by atoms with E-state index in [4.69, 9.17) is 0 Å². The van der Waals surface area contributed by atoms with E-state index in [1.165, 1.54) is 4.90 Å². The van der Waals surface area contributed by atoms with Crippen LogP contribution in [0.4, 0.5) is 0 Å². The van der Waals surface area contributed by atoms with Crippen molar-refractivity contribution >= 4 is 11.9 Å². The van der Waals surface area contributed by atoms with Crippen molar-refractivity contribution < 1.29 is 19.8 Å². The average Bonchev–Trinajstić information content (AvgIpc) is 2.53. The third-order valence-electron chi connectivity index (χ3n) is 4.24. The number of carboxylic acid groups (broad SMARTS) is 2. The highest BCUT2D eigenvalue weighted by Gasteiger charge is 2.24. The zero-order valence-corrected chi connectivity index (χ0v) is 16.2. The van der Waals surface area contributed by atoms with Gasteiger partial charge in [0.2, 0.25) is 0 Å². The largest absolute Gasteiger partial charge is 0.480 e. The number of carboxylic acids is 2. The lowest BCUT2D eigenvalue weighted by molar-refractivity contribution is -0.143. The Morgan fingerprint density at radius 1 is 0.962 bits per heavy atom. The normalized spacial score (nSPS) is 12.7. The van der Waals surface area contributed by atoms with Crippen molar-refractivity contribution in [2.24, 2.45) is 0 Å². The Morgan fingerprint density at radius 2 is 1.50 bits per heavy atom. The minimum atomic E-state index is -1.02. The van der Waals surface area contributed by atoms with Crippen molar-refractivity contribution in [3.63, 3.8) is 0 Å². The SMILES string of the molecule is Cc1ccc(CC(CN(C)CCN(C)C)N(CC(=O)O)CC(=O)O)cc1. The van der Waals surface area contributed by atoms with Crippen LogP contribution in [-0.2, 0) is 16.0 Å². The van der Waals surface area contributed by atoms with Gasteiger partial charge in [0.15, 0.2) is 0 Å². The quantitative estimate of drug-likeness (QED) is 0.569. The zero-order chi connectivity index (χ0) is 19.7. The van der Waals surface area contributed by atoms with Crippen LogP contribution >= 0.6 is 0 Å². The highest BCUT2D eigenvalue weighted by molar-refractivity contribution is 5.72. The molecule has 1 rings (SSSR count). The predicted octanol–water partition coefficient (Wildman–Crippen LogP) is 0.871. The van der Waals surface area contributed by atoms with Gasteiger partial charge in [0.05, 0.1) is 13.1 Å². The smallest absolute Gasteiger partial charge is 0.317 e. The predicted molar refractivity (Wildman–Crippen MR) is 102 cm³/mol. The molecule has 0 saturated heterocycles. The van der Waals surface area contributed by atoms with Crippen LogP contribution in [0.1, 0.15) is 11.1 Å². The van der Waals surface area contributed by atoms with E-state index in [0.717, 1.165) is 24.2 Å². The van der Waals surface area contributed by atoms with Crippen LogP contribution in [0.25, 0.3) is 0 Å². The molecular weight excluding hydrogens is 334 g/mol. The van der Waals surface area contributed by atoms with E-state index in [2.05, 4.69) is 9.80 Å². The van der Waals surface area contributed by atoms with Crippen LogP contribution < -0.4 is 0 Å². The van der Waals surface area contributed by atoms with Gasteiger partial charge in [0, 0.05) is 25.7 Å². The average molecular weight is 365 g/mol. The number of aryl methyl sites for hydroxylation is 1. The molecule has 0 amide bonds. The number of hydrogen-bond acceptors (Lipinski definition) is 5. The first-order chi connectivity index (χ1) is 12.2. The van der Waals surface area contributed by atoms with Crippen molar-refractivity contribution in [2.75, 3.05) is 53.9 Å². The molecule has 0 aromatic heterocycles. The Bertz CT molecular complexity index is 559. The second-order valence-electron chi connectivity index (χ2n) is 7.10. The lowest BCUT2D eigenvalue weighted by Gasteiger charge is -2.33. The van der Waals surface area contributed by atoms with E-state index in [0.29, 0.717) is 13.0 Å². The number of aliphatic carboxylic acids is 2. The van der Waals surface area contributed by atoms with Crippen molar-refractivity contribution in [1.82, 2.24) is 14.7 Å². The number of nitrogens with zero attached hydrogens (tertiary/aromatic N) is 3. The van der Waals surface area contributed by atoms with Gasteiger partial charge in [0.1, 0.15) is 0 Å². The summed E-state index contributed by atoms with van der Waals surface area (Å²) in [6.07, 6.45) is 0.604. The number of likely N-dealkylation sites (N-methyl/N-ethyl adjacent to an activating group) is 2. The summed E-state index contributed by atoms with van der Waals surface area (Å²) in [6, 6.07) is 7.86. The first-order valence-electron chi connectivity index (χ1n) is 8.73. The maximum absolute atomic E-state index is 11.2. The maximum atomic E-state index is 11.2. The zero-order valence-electron chi connectivity index (χ0n) is 16.2. The standard InChI is InChI=1S/C19H31N3O4/c1-15-5-7-16(8-6-15)11-17(12-21(4)10-9-20(2)3)22(13-18(23)24)14-19(25)26/h5-8,17H,9-14H2,1-4H3,(H,23,24)(H,25,26). The third kappa shape index (κ3) is 8.94. The first kappa shape index (κ1) is 22.1. The van der Waals surface area contributed by atoms with Crippen LogP contribution in [0.2, 0.25) is 0 Å². The van der Waals surface area contributed by atoms with Gasteiger partial charge in [-0.3, -0.25) is 14.5 Å². The molecule has 0 saturated carbocycles. The summed E-state index contributed by atoms with van der Waals surface area (Å²) < 4.78 is 0. The molecule has 146 valence electrons. The summed E-state index contributed by atoms with van der Waals surface area (Å²) in [5.74, 6) is -2.03. The Hall–Kier alpha value is -1.96. The molecule has 1 unspecified atom stereocenters. The van der Waals surface area contributed by atoms with Gasteiger partial charge < -0.3 is 20.0 Å². The van der Waals surface area contributed by atoms with E-state index in [-0.39, 0.29) is 19.1 Å². The van der Waals surface area contributed by atoms with Crippen LogP contribution in [0, 0.1) is 6.92 Å². The van der Waals surface area contributed by atoms with E-state index in [1.807, 2.05) is 52.3 Å². The number of rotatable bonds is 12. The Labute approximate surface area is 155 Å². The van der Waals surface area contributed by atoms with Gasteiger partial charge in [-0.15, -0.1) is 0 Å². The van der Waals surface area contributed by atoms with E-state index in [9.17, 15) is 19.8 Å². The molecular formula is C19H31N3O4. The summed E-state index contributed by atoms with van der Waals surface area (Å²) in [7, 11) is 5.98. The topological polar surface area (TPSA) is 84.3 Å². The Kier molecular flexibility index (Phi) is 9.26. The highest BCUT2D eigenvalue weighted by Crippen LogP contribution is 2.12.